The molecule has 4 rings (SSSR count). The first-order valence-corrected chi connectivity index (χ1v) is 32.7. The third-order valence-electron chi connectivity index (χ3n) is 12.4. The first-order valence-electron chi connectivity index (χ1n) is 23.7. The molecule has 0 spiro atoms. The van der Waals surface area contributed by atoms with Gasteiger partial charge in [0.25, 0.3) is 0 Å². The van der Waals surface area contributed by atoms with Gasteiger partial charge in [-0.3, -0.25) is 28.8 Å². The van der Waals surface area contributed by atoms with Crippen LogP contribution in [0.25, 0.3) is 0 Å². The van der Waals surface area contributed by atoms with Gasteiger partial charge in [-0.2, -0.15) is 0 Å². The van der Waals surface area contributed by atoms with Crippen LogP contribution in [0, 0.1) is 23.7 Å². The number of hydrogen-bond donors (Lipinski definition) is 2. The number of hydrogen-bond acceptors (Lipinski definition) is 10. The molecule has 0 aromatic carbocycles. The van der Waals surface area contributed by atoms with Crippen LogP contribution in [0.3, 0.4) is 0 Å². The Kier molecular flexibility index (Phi) is 37.7. The molecule has 0 radical (unpaired) electrons. The second-order valence-corrected chi connectivity index (χ2v) is 29.0. The van der Waals surface area contributed by atoms with Gasteiger partial charge in [-0.15, -0.1) is 24.0 Å². The summed E-state index contributed by atoms with van der Waals surface area (Å²) in [4.78, 5) is 99.0. The Morgan fingerprint density at radius 2 is 0.697 bits per heavy atom. The summed E-state index contributed by atoms with van der Waals surface area (Å²) in [5.41, 5.74) is 10.6. The fourth-order valence-corrected chi connectivity index (χ4v) is 9.30. The molecule has 4 N–H and O–H groups in total. The molecule has 16 nitrogen and oxygen atoms in total. The standard InChI is InChI=1S/2C12H21NO3.2C11H20N2O2.3HI.V/c2*1-4-6-9-7-11(14)13(8-9)10(5-2)12(15)16-3;2*1-3-5-8-6-10(14)13(7-8)9(4-2)11(12)15;;;;/h2*9-10H,4-8H2,1-3H3;2*8-9H,3-7H2,1-2H3,(H2,12,15);3*1H;/q;;;;;;;+2/p-2/t9-,10+;9-,10-;8-,9+;8-,9-;;;;/m1111..../s1. The second-order valence-electron chi connectivity index (χ2n) is 17.2. The van der Waals surface area contributed by atoms with Crippen molar-refractivity contribution in [3.63, 3.8) is 0 Å². The second kappa shape index (κ2) is 37.4. The summed E-state index contributed by atoms with van der Waals surface area (Å²) in [5.74, 6) is 0.635. The van der Waals surface area contributed by atoms with Gasteiger partial charge in [-0.05, 0) is 75.0 Å². The van der Waals surface area contributed by atoms with E-state index in [1.54, 1.807) is 19.6 Å². The van der Waals surface area contributed by atoms with Crippen LogP contribution in [-0.2, 0) is 57.3 Å². The Bertz CT molecular complexity index is 1400. The van der Waals surface area contributed by atoms with Crippen molar-refractivity contribution in [2.24, 2.45) is 35.1 Å². The van der Waals surface area contributed by atoms with Crippen LogP contribution in [0.2, 0.25) is 0 Å². The van der Waals surface area contributed by atoms with Crippen LogP contribution in [0.5, 0.6) is 0 Å². The van der Waals surface area contributed by atoms with Crippen molar-refractivity contribution in [1.82, 2.24) is 19.6 Å². The summed E-state index contributed by atoms with van der Waals surface area (Å²) in [6.07, 6.45) is 13.3. The fraction of sp³-hybridized carbons (Fsp3) is 0.826. The van der Waals surface area contributed by atoms with Gasteiger partial charge in [0.05, 0.1) is 14.2 Å². The molecule has 4 saturated heterocycles. The van der Waals surface area contributed by atoms with Crippen LogP contribution < -0.4 is 11.5 Å². The Hall–Kier alpha value is -1.47. The van der Waals surface area contributed by atoms with Crippen LogP contribution in [0.4, 0.5) is 0 Å². The van der Waals surface area contributed by atoms with E-state index in [4.69, 9.17) is 20.9 Å². The number of carbonyl (C=O) groups excluding carboxylic acids is 8. The molecule has 66 heavy (non-hydrogen) atoms. The topological polar surface area (TPSA) is 220 Å². The molecule has 0 aromatic rings. The molecule has 0 saturated carbocycles. The summed E-state index contributed by atoms with van der Waals surface area (Å²) in [5, 5.41) is 0. The van der Waals surface area contributed by atoms with Gasteiger partial charge in [0.15, 0.2) is 0 Å². The minimum atomic E-state index is -0.403. The molecule has 4 heterocycles. The normalized spacial score (nSPS) is 21.6. The summed E-state index contributed by atoms with van der Waals surface area (Å²) in [6.45, 7) is 18.9. The van der Waals surface area contributed by atoms with Gasteiger partial charge in [-0.25, -0.2) is 9.59 Å². The third kappa shape index (κ3) is 22.5. The fourth-order valence-electron chi connectivity index (χ4n) is 9.30. The number of rotatable bonds is 20. The Morgan fingerprint density at radius 3 is 0.848 bits per heavy atom. The van der Waals surface area contributed by atoms with Crippen LogP contribution in [-0.4, -0.2) is 132 Å². The van der Waals surface area contributed by atoms with Crippen LogP contribution >= 0.6 is 63.9 Å². The zero-order valence-corrected chi connectivity index (χ0v) is 49.4. The van der Waals surface area contributed by atoms with Crippen molar-refractivity contribution in [3.8, 4) is 0 Å². The zero-order valence-electron chi connectivity index (χ0n) is 41.4. The maximum atomic E-state index is 11.8. The van der Waals surface area contributed by atoms with Gasteiger partial charge in [0.1, 0.15) is 24.2 Å². The van der Waals surface area contributed by atoms with E-state index >= 15 is 0 Å². The van der Waals surface area contributed by atoms with Gasteiger partial charge in [0.2, 0.25) is 35.4 Å². The number of nitrogens with two attached hydrogens (primary N) is 2. The third-order valence-corrected chi connectivity index (χ3v) is 12.4. The van der Waals surface area contributed by atoms with Gasteiger partial charge in [-0.1, -0.05) is 81.1 Å². The number of likely N-dealkylation sites (tertiary alicyclic amines) is 4. The number of carbonyl (C=O) groups is 8. The predicted molar refractivity (Wildman–Crippen MR) is 281 cm³/mol. The average Bonchev–Trinajstić information content (AvgIpc) is 4.02. The summed E-state index contributed by atoms with van der Waals surface area (Å²) in [6, 6.07) is -1.59. The van der Waals surface area contributed by atoms with Gasteiger partial charge >= 0.3 is 61.4 Å². The number of ether oxygens (including phenoxy) is 2. The van der Waals surface area contributed by atoms with Crippen molar-refractivity contribution in [1.29, 1.82) is 0 Å². The summed E-state index contributed by atoms with van der Waals surface area (Å²) < 4.78 is 9.45. The molecular weight excluding hydrogens is 1230 g/mol. The van der Waals surface area contributed by atoms with E-state index in [9.17, 15) is 38.4 Å². The number of methoxy groups -OCH3 is 2. The molecule has 8 atom stereocenters. The van der Waals surface area contributed by atoms with Crippen LogP contribution in [0.1, 0.15) is 158 Å². The molecule has 4 aliphatic rings. The van der Waals surface area contributed by atoms with E-state index in [-0.39, 0.29) is 83.4 Å². The van der Waals surface area contributed by atoms with E-state index in [0.717, 1.165) is 51.4 Å². The number of esters is 2. The van der Waals surface area contributed by atoms with Crippen molar-refractivity contribution < 1.29 is 57.3 Å². The van der Waals surface area contributed by atoms with E-state index < -0.39 is 12.1 Å². The number of halogens is 3. The average molecular weight is 1310 g/mol. The number of primary amides is 2. The zero-order chi connectivity index (χ0) is 49.8. The summed E-state index contributed by atoms with van der Waals surface area (Å²) >= 11 is 4.74. The van der Waals surface area contributed by atoms with Crippen molar-refractivity contribution in [2.45, 2.75) is 182 Å². The molecule has 20 heteroatoms. The molecule has 4 fully saturated rings. The van der Waals surface area contributed by atoms with Crippen molar-refractivity contribution in [3.05, 3.63) is 0 Å². The molecule has 0 aromatic heterocycles. The van der Waals surface area contributed by atoms with E-state index in [1.807, 2.05) is 27.7 Å². The monoisotopic (exact) mass is 1310 g/mol. The number of nitrogens with zero attached hydrogens (tertiary/aromatic N) is 4. The van der Waals surface area contributed by atoms with Crippen molar-refractivity contribution >= 4 is 111 Å². The molecule has 0 aliphatic carbocycles. The quantitative estimate of drug-likeness (QED) is 0.0911. The first-order chi connectivity index (χ1) is 30.9. The maximum absolute atomic E-state index is 11.8. The Morgan fingerprint density at radius 1 is 0.500 bits per heavy atom. The Labute approximate surface area is 442 Å². The van der Waals surface area contributed by atoms with Crippen LogP contribution in [0.15, 0.2) is 0 Å². The van der Waals surface area contributed by atoms with Gasteiger partial charge < -0.3 is 40.5 Å². The summed E-state index contributed by atoms with van der Waals surface area (Å²) in [7, 11) is 3.37. The first kappa shape index (κ1) is 66.6. The van der Waals surface area contributed by atoms with Gasteiger partial charge in [0, 0.05) is 51.9 Å². The molecule has 4 aliphatic heterocycles. The van der Waals surface area contributed by atoms with E-state index in [2.05, 4.69) is 67.7 Å². The molecule has 0 bridgehead atoms. The van der Waals surface area contributed by atoms with Crippen molar-refractivity contribution in [2.75, 3.05) is 40.4 Å². The van der Waals surface area contributed by atoms with E-state index in [0.29, 0.717) is 111 Å². The molecular formula is C46H83I3N6O10V. The predicted octanol–water partition coefficient (Wildman–Crippen LogP) is 7.36. The van der Waals surface area contributed by atoms with E-state index in [1.165, 1.54) is 14.2 Å². The minimum absolute atomic E-state index is 0. The Balaban J connectivity index is 0. The molecule has 383 valence electrons. The molecule has 6 amide bonds. The molecule has 0 unspecified atom stereocenters. The SMILES string of the molecule is CCC[C@@H]1CC(=O)N([C@@H](CC)C(=O)OC)C1.CCC[C@@H]1CC(=O)N([C@@H](CC)C(N)=O)C1.CCC[C@@H]1CC(=O)N([C@H](CC)C(=O)OC)C1.CCC[C@@H]1CC(=O)N([C@H](CC)C(N)=O)C1.I.[I][V][I]. The number of amides is 6.